The lowest BCUT2D eigenvalue weighted by Crippen LogP contribution is -2.19. The predicted octanol–water partition coefficient (Wildman–Crippen LogP) is 3.41. The smallest absolute Gasteiger partial charge is 0.303 e. The molecule has 0 heterocycles. The number of amides is 1. The van der Waals surface area contributed by atoms with Gasteiger partial charge in [-0.25, -0.2) is 0 Å². The zero-order chi connectivity index (χ0) is 28.5. The van der Waals surface area contributed by atoms with E-state index in [1.807, 2.05) is 13.0 Å². The van der Waals surface area contributed by atoms with Crippen molar-refractivity contribution >= 4 is 29.1 Å². The van der Waals surface area contributed by atoms with Gasteiger partial charge in [-0.05, 0) is 79.4 Å². The zero-order valence-electron chi connectivity index (χ0n) is 22.0. The predicted molar refractivity (Wildman–Crippen MR) is 149 cm³/mol. The summed E-state index contributed by atoms with van der Waals surface area (Å²) in [7, 11) is 0. The molecule has 3 aromatic carbocycles. The van der Waals surface area contributed by atoms with Crippen LogP contribution in [0.5, 0.6) is 5.75 Å². The fourth-order valence-electron chi connectivity index (χ4n) is 4.01. The van der Waals surface area contributed by atoms with E-state index < -0.39 is 12.1 Å². The normalized spacial score (nSPS) is 11.5. The van der Waals surface area contributed by atoms with E-state index in [0.717, 1.165) is 5.56 Å². The highest BCUT2D eigenvalue weighted by molar-refractivity contribution is 6.08. The third-order valence-corrected chi connectivity index (χ3v) is 6.06. The van der Waals surface area contributed by atoms with E-state index in [4.69, 9.17) is 15.9 Å². The first-order chi connectivity index (χ1) is 18.6. The number of aliphatic hydroxyl groups excluding tert-OH is 2. The molecule has 0 aromatic heterocycles. The van der Waals surface area contributed by atoms with Crippen molar-refractivity contribution in [2.24, 2.45) is 5.73 Å². The second kappa shape index (κ2) is 13.4. The van der Waals surface area contributed by atoms with Gasteiger partial charge < -0.3 is 36.4 Å². The minimum atomic E-state index is -0.963. The van der Waals surface area contributed by atoms with E-state index in [9.17, 15) is 24.9 Å². The lowest BCUT2D eigenvalue weighted by Gasteiger charge is -2.21. The first-order valence-electron chi connectivity index (χ1n) is 12.5. The van der Waals surface area contributed by atoms with Crippen LogP contribution in [0.25, 0.3) is 0 Å². The van der Waals surface area contributed by atoms with E-state index in [1.54, 1.807) is 55.5 Å². The summed E-state index contributed by atoms with van der Waals surface area (Å²) in [4.78, 5) is 24.5. The SMILES string of the molecule is Cc1ccc(NCc2cc(CO)cc(OC(C)CO)c2CCC(=O)O)c(C(=O)Nc2ccc(C(=N)N)cc2)c1. The number of ether oxygens (including phenoxy) is 1. The Morgan fingerprint density at radius 1 is 1.08 bits per heavy atom. The highest BCUT2D eigenvalue weighted by atomic mass is 16.5. The molecule has 0 aliphatic rings. The Labute approximate surface area is 227 Å². The number of carbonyl (C=O) groups is 2. The van der Waals surface area contributed by atoms with E-state index in [2.05, 4.69) is 10.6 Å². The first-order valence-corrected chi connectivity index (χ1v) is 12.5. The molecule has 0 saturated heterocycles. The Balaban J connectivity index is 1.90. The van der Waals surface area contributed by atoms with E-state index >= 15 is 0 Å². The van der Waals surface area contributed by atoms with Crippen LogP contribution in [0.2, 0.25) is 0 Å². The molecule has 0 radical (unpaired) electrons. The molecule has 0 aliphatic heterocycles. The number of aliphatic carboxylic acids is 1. The number of carboxylic acid groups (broad SMARTS) is 1. The van der Waals surface area contributed by atoms with Gasteiger partial charge in [0.05, 0.1) is 18.8 Å². The van der Waals surface area contributed by atoms with Crippen LogP contribution in [-0.2, 0) is 24.4 Å². The Hall–Kier alpha value is -4.41. The highest BCUT2D eigenvalue weighted by Crippen LogP contribution is 2.29. The van der Waals surface area contributed by atoms with Crippen molar-refractivity contribution in [3.63, 3.8) is 0 Å². The van der Waals surface area contributed by atoms with Gasteiger partial charge in [-0.2, -0.15) is 0 Å². The summed E-state index contributed by atoms with van der Waals surface area (Å²) >= 11 is 0. The molecule has 3 aromatic rings. The summed E-state index contributed by atoms with van der Waals surface area (Å²) in [5.74, 6) is -0.967. The molecule has 39 heavy (non-hydrogen) atoms. The number of nitrogens with one attached hydrogen (secondary N) is 3. The third-order valence-electron chi connectivity index (χ3n) is 6.06. The van der Waals surface area contributed by atoms with E-state index in [1.165, 1.54) is 0 Å². The maximum absolute atomic E-state index is 13.2. The van der Waals surface area contributed by atoms with E-state index in [-0.39, 0.29) is 44.3 Å². The first kappa shape index (κ1) is 29.2. The summed E-state index contributed by atoms with van der Waals surface area (Å²) in [5, 5.41) is 42.2. The quantitative estimate of drug-likeness (QED) is 0.129. The molecular weight excluding hydrogens is 500 g/mol. The van der Waals surface area contributed by atoms with Gasteiger partial charge in [-0.15, -0.1) is 0 Å². The van der Waals surface area contributed by atoms with Gasteiger partial charge >= 0.3 is 5.97 Å². The van der Waals surface area contributed by atoms with Crippen LogP contribution >= 0.6 is 0 Å². The number of anilines is 2. The Morgan fingerprint density at radius 3 is 2.41 bits per heavy atom. The number of nitrogen functional groups attached to an aromatic ring is 1. The van der Waals surface area contributed by atoms with Gasteiger partial charge in [-0.3, -0.25) is 15.0 Å². The number of carbonyl (C=O) groups excluding carboxylic acids is 1. The van der Waals surface area contributed by atoms with Crippen molar-refractivity contribution in [2.45, 2.75) is 45.9 Å². The molecule has 0 spiro atoms. The van der Waals surface area contributed by atoms with Gasteiger partial charge in [0.15, 0.2) is 0 Å². The van der Waals surface area contributed by atoms with Gasteiger partial charge in [-0.1, -0.05) is 17.7 Å². The fraction of sp³-hybridized carbons (Fsp3) is 0.276. The number of carboxylic acids is 1. The zero-order valence-corrected chi connectivity index (χ0v) is 22.0. The molecule has 1 atom stereocenters. The number of hydrogen-bond acceptors (Lipinski definition) is 7. The minimum absolute atomic E-state index is 0.0644. The van der Waals surface area contributed by atoms with E-state index in [0.29, 0.717) is 44.9 Å². The summed E-state index contributed by atoms with van der Waals surface area (Å²) in [6.07, 6.45) is -0.473. The van der Waals surface area contributed by atoms with Crippen molar-refractivity contribution in [2.75, 3.05) is 17.2 Å². The van der Waals surface area contributed by atoms with Crippen molar-refractivity contribution in [3.8, 4) is 5.75 Å². The number of rotatable bonds is 13. The number of amidine groups is 1. The summed E-state index contributed by atoms with van der Waals surface area (Å²) in [6.45, 7) is 3.31. The number of aliphatic hydroxyl groups is 2. The van der Waals surface area contributed by atoms with Crippen molar-refractivity contribution < 1.29 is 29.6 Å². The van der Waals surface area contributed by atoms with Crippen LogP contribution in [0.3, 0.4) is 0 Å². The van der Waals surface area contributed by atoms with Crippen LogP contribution < -0.4 is 21.1 Å². The molecule has 1 unspecified atom stereocenters. The van der Waals surface area contributed by atoms with Gasteiger partial charge in [0, 0.05) is 29.9 Å². The number of benzene rings is 3. The van der Waals surface area contributed by atoms with Crippen LogP contribution in [-0.4, -0.2) is 45.7 Å². The molecule has 8 N–H and O–H groups in total. The summed E-state index contributed by atoms with van der Waals surface area (Å²) < 4.78 is 5.86. The lowest BCUT2D eigenvalue weighted by atomic mass is 9.98. The van der Waals surface area contributed by atoms with Crippen molar-refractivity contribution in [1.29, 1.82) is 5.41 Å². The maximum Gasteiger partial charge on any atom is 0.303 e. The number of aryl methyl sites for hydroxylation is 1. The Morgan fingerprint density at radius 2 is 1.79 bits per heavy atom. The molecule has 10 heteroatoms. The molecule has 0 fully saturated rings. The summed E-state index contributed by atoms with van der Waals surface area (Å²) in [6, 6.07) is 15.5. The third kappa shape index (κ3) is 8.03. The second-order valence-electron chi connectivity index (χ2n) is 9.24. The van der Waals surface area contributed by atoms with Gasteiger partial charge in [0.25, 0.3) is 5.91 Å². The molecule has 0 bridgehead atoms. The van der Waals surface area contributed by atoms with Crippen molar-refractivity contribution in [1.82, 2.24) is 0 Å². The second-order valence-corrected chi connectivity index (χ2v) is 9.24. The minimum Gasteiger partial charge on any atom is -0.488 e. The molecule has 3 rings (SSSR count). The van der Waals surface area contributed by atoms with Gasteiger partial charge in [0.1, 0.15) is 17.7 Å². The molecular formula is C29H34N4O6. The highest BCUT2D eigenvalue weighted by Gasteiger charge is 2.18. The fourth-order valence-corrected chi connectivity index (χ4v) is 4.01. The van der Waals surface area contributed by atoms with Crippen LogP contribution in [0.1, 0.15) is 51.5 Å². The Bertz CT molecular complexity index is 1340. The summed E-state index contributed by atoms with van der Waals surface area (Å²) in [5.41, 5.74) is 10.4. The van der Waals surface area contributed by atoms with Crippen LogP contribution in [0.4, 0.5) is 11.4 Å². The average Bonchev–Trinajstić information content (AvgIpc) is 2.91. The average molecular weight is 535 g/mol. The topological polar surface area (TPSA) is 178 Å². The molecule has 0 aliphatic carbocycles. The van der Waals surface area contributed by atoms with Crippen LogP contribution in [0, 0.1) is 12.3 Å². The molecule has 206 valence electrons. The standard InChI is InChI=1S/C29H34N4O6/c1-17-3-9-25(24(11-17)29(38)33-22-6-4-20(5-7-22)28(30)31)32-14-21-12-19(16-35)13-26(39-18(2)15-34)23(21)8-10-27(36)37/h3-7,9,11-13,18,32,34-35H,8,10,14-16H2,1-2H3,(H3,30,31)(H,33,38)(H,36,37). The van der Waals surface area contributed by atoms with Gasteiger partial charge in [0.2, 0.25) is 0 Å². The number of hydrogen-bond donors (Lipinski definition) is 7. The monoisotopic (exact) mass is 534 g/mol. The molecule has 0 saturated carbocycles. The lowest BCUT2D eigenvalue weighted by molar-refractivity contribution is -0.136. The molecule has 1 amide bonds. The molecule has 10 nitrogen and oxygen atoms in total. The maximum atomic E-state index is 13.2. The number of nitrogens with two attached hydrogens (primary N) is 1. The Kier molecular flexibility index (Phi) is 10.0. The van der Waals surface area contributed by atoms with Crippen molar-refractivity contribution in [3.05, 3.63) is 88.0 Å². The largest absolute Gasteiger partial charge is 0.488 e. The van der Waals surface area contributed by atoms with Crippen LogP contribution in [0.15, 0.2) is 54.6 Å².